The highest BCUT2D eigenvalue weighted by Gasteiger charge is 2.20. The van der Waals surface area contributed by atoms with Crippen LogP contribution in [-0.2, 0) is 14.9 Å². The lowest BCUT2D eigenvalue weighted by atomic mass is 10.3. The molecule has 0 atom stereocenters. The summed E-state index contributed by atoms with van der Waals surface area (Å²) in [6, 6.07) is 8.61. The van der Waals surface area contributed by atoms with E-state index >= 15 is 0 Å². The maximum atomic E-state index is 13.0. The minimum Gasteiger partial charge on any atom is -0.379 e. The van der Waals surface area contributed by atoms with Crippen molar-refractivity contribution in [3.63, 3.8) is 0 Å². The SMILES string of the molecule is CC(=O)Nc1ccc(OS(=O)(=O)c2ccc(F)cc2Cl)cc1. The van der Waals surface area contributed by atoms with Gasteiger partial charge in [0, 0.05) is 12.6 Å². The number of anilines is 1. The number of carbonyl (C=O) groups excluding carboxylic acids is 1. The van der Waals surface area contributed by atoms with E-state index < -0.39 is 15.9 Å². The zero-order valence-electron chi connectivity index (χ0n) is 11.3. The fourth-order valence-corrected chi connectivity index (χ4v) is 3.08. The summed E-state index contributed by atoms with van der Waals surface area (Å²) in [7, 11) is -4.18. The lowest BCUT2D eigenvalue weighted by molar-refractivity contribution is -0.114. The molecule has 0 radical (unpaired) electrons. The summed E-state index contributed by atoms with van der Waals surface area (Å²) >= 11 is 5.72. The average Bonchev–Trinajstić information content (AvgIpc) is 2.39. The van der Waals surface area contributed by atoms with Crippen LogP contribution in [0.5, 0.6) is 5.75 Å². The molecule has 2 aromatic rings. The Morgan fingerprint density at radius 1 is 1.18 bits per heavy atom. The van der Waals surface area contributed by atoms with Crippen LogP contribution in [0.3, 0.4) is 0 Å². The van der Waals surface area contributed by atoms with E-state index in [0.29, 0.717) is 5.69 Å². The van der Waals surface area contributed by atoms with E-state index in [1.165, 1.54) is 31.2 Å². The van der Waals surface area contributed by atoms with Crippen LogP contribution in [-0.4, -0.2) is 14.3 Å². The maximum absolute atomic E-state index is 13.0. The number of halogens is 2. The molecule has 5 nitrogen and oxygen atoms in total. The van der Waals surface area contributed by atoms with Crippen LogP contribution in [0.15, 0.2) is 47.4 Å². The van der Waals surface area contributed by atoms with E-state index in [4.69, 9.17) is 15.8 Å². The Morgan fingerprint density at radius 2 is 1.82 bits per heavy atom. The molecule has 0 fully saturated rings. The van der Waals surface area contributed by atoms with Gasteiger partial charge in [-0.25, -0.2) is 4.39 Å². The van der Waals surface area contributed by atoms with Crippen LogP contribution in [0.4, 0.5) is 10.1 Å². The molecule has 0 heterocycles. The Hall–Kier alpha value is -2.12. The molecule has 8 heteroatoms. The zero-order chi connectivity index (χ0) is 16.3. The fraction of sp³-hybridized carbons (Fsp3) is 0.0714. The number of nitrogens with one attached hydrogen (secondary N) is 1. The number of rotatable bonds is 4. The van der Waals surface area contributed by atoms with Crippen molar-refractivity contribution in [2.24, 2.45) is 0 Å². The van der Waals surface area contributed by atoms with Crippen molar-refractivity contribution in [1.82, 2.24) is 0 Å². The summed E-state index contributed by atoms with van der Waals surface area (Å²) in [4.78, 5) is 10.6. The van der Waals surface area contributed by atoms with Gasteiger partial charge in [-0.3, -0.25) is 4.79 Å². The van der Waals surface area contributed by atoms with Crippen LogP contribution in [0.1, 0.15) is 6.92 Å². The molecule has 22 heavy (non-hydrogen) atoms. The summed E-state index contributed by atoms with van der Waals surface area (Å²) in [6.07, 6.45) is 0. The fourth-order valence-electron chi connectivity index (χ4n) is 1.65. The summed E-state index contributed by atoms with van der Waals surface area (Å²) in [6.45, 7) is 1.35. The third kappa shape index (κ3) is 3.96. The number of carbonyl (C=O) groups is 1. The highest BCUT2D eigenvalue weighted by molar-refractivity contribution is 7.87. The molecule has 2 aromatic carbocycles. The van der Waals surface area contributed by atoms with Crippen molar-refractivity contribution >= 4 is 33.3 Å². The molecular formula is C14H11ClFNO4S. The average molecular weight is 344 g/mol. The monoisotopic (exact) mass is 343 g/mol. The molecule has 116 valence electrons. The van der Waals surface area contributed by atoms with Gasteiger partial charge < -0.3 is 9.50 Å². The molecule has 0 saturated carbocycles. The van der Waals surface area contributed by atoms with Crippen LogP contribution >= 0.6 is 11.6 Å². The summed E-state index contributed by atoms with van der Waals surface area (Å²) in [5.74, 6) is -0.863. The molecule has 0 spiro atoms. The summed E-state index contributed by atoms with van der Waals surface area (Å²) in [5, 5.41) is 2.27. The van der Waals surface area contributed by atoms with E-state index in [1.54, 1.807) is 0 Å². The molecule has 1 N–H and O–H groups in total. The first-order valence-electron chi connectivity index (χ1n) is 6.05. The van der Waals surface area contributed by atoms with Crippen LogP contribution < -0.4 is 9.50 Å². The maximum Gasteiger partial charge on any atom is 0.340 e. The molecule has 0 aliphatic rings. The second kappa shape index (κ2) is 6.33. The standard InChI is InChI=1S/C14H11ClFNO4S/c1-9(18)17-11-3-5-12(6-4-11)21-22(19,20)14-7-2-10(16)8-13(14)15/h2-8H,1H3,(H,17,18). The van der Waals surface area contributed by atoms with Gasteiger partial charge in [-0.2, -0.15) is 8.42 Å². The molecule has 1 amide bonds. The highest BCUT2D eigenvalue weighted by atomic mass is 35.5. The smallest absolute Gasteiger partial charge is 0.340 e. The summed E-state index contributed by atoms with van der Waals surface area (Å²) < 4.78 is 42.1. The lowest BCUT2D eigenvalue weighted by Crippen LogP contribution is -2.11. The van der Waals surface area contributed by atoms with Crippen molar-refractivity contribution in [2.45, 2.75) is 11.8 Å². The predicted molar refractivity (Wildman–Crippen MR) is 80.0 cm³/mol. The first-order valence-corrected chi connectivity index (χ1v) is 7.84. The van der Waals surface area contributed by atoms with Crippen molar-refractivity contribution in [2.75, 3.05) is 5.32 Å². The molecule has 0 unspecified atom stereocenters. The Balaban J connectivity index is 2.23. The van der Waals surface area contributed by atoms with Crippen molar-refractivity contribution in [3.05, 3.63) is 53.3 Å². The van der Waals surface area contributed by atoms with E-state index in [1.807, 2.05) is 0 Å². The van der Waals surface area contributed by atoms with Gasteiger partial charge in [-0.15, -0.1) is 0 Å². The molecule has 0 aliphatic carbocycles. The Kier molecular flexibility index (Phi) is 4.68. The Labute approximate surface area is 131 Å². The molecule has 0 aliphatic heterocycles. The molecule has 2 rings (SSSR count). The van der Waals surface area contributed by atoms with E-state index in [0.717, 1.165) is 18.2 Å². The normalized spacial score (nSPS) is 11.0. The Bertz CT molecular complexity index is 806. The van der Waals surface area contributed by atoms with Gasteiger partial charge in [-0.1, -0.05) is 11.6 Å². The predicted octanol–water partition coefficient (Wildman–Crippen LogP) is 3.21. The molecule has 0 aromatic heterocycles. The first-order chi connectivity index (χ1) is 10.3. The largest absolute Gasteiger partial charge is 0.379 e. The van der Waals surface area contributed by atoms with Crippen LogP contribution in [0.25, 0.3) is 0 Å². The molecule has 0 bridgehead atoms. The second-order valence-electron chi connectivity index (χ2n) is 4.32. The van der Waals surface area contributed by atoms with E-state index in [-0.39, 0.29) is 21.6 Å². The minimum absolute atomic E-state index is 0.0366. The van der Waals surface area contributed by atoms with Gasteiger partial charge in [0.15, 0.2) is 0 Å². The van der Waals surface area contributed by atoms with Gasteiger partial charge in [-0.05, 0) is 42.5 Å². The number of hydrogen-bond acceptors (Lipinski definition) is 4. The summed E-state index contributed by atoms with van der Waals surface area (Å²) in [5.41, 5.74) is 0.497. The number of benzene rings is 2. The van der Waals surface area contributed by atoms with Crippen molar-refractivity contribution in [3.8, 4) is 5.75 Å². The minimum atomic E-state index is -4.18. The van der Waals surface area contributed by atoms with Gasteiger partial charge in [0.2, 0.25) is 5.91 Å². The quantitative estimate of drug-likeness (QED) is 0.865. The van der Waals surface area contributed by atoms with Gasteiger partial charge in [0.25, 0.3) is 0 Å². The van der Waals surface area contributed by atoms with Crippen molar-refractivity contribution in [1.29, 1.82) is 0 Å². The third-order valence-electron chi connectivity index (χ3n) is 2.54. The van der Waals surface area contributed by atoms with Gasteiger partial charge >= 0.3 is 10.1 Å². The van der Waals surface area contributed by atoms with Crippen molar-refractivity contribution < 1.29 is 21.8 Å². The highest BCUT2D eigenvalue weighted by Crippen LogP contribution is 2.26. The Morgan fingerprint density at radius 3 is 2.36 bits per heavy atom. The van der Waals surface area contributed by atoms with Gasteiger partial charge in [0.1, 0.15) is 16.5 Å². The number of amides is 1. The van der Waals surface area contributed by atoms with Gasteiger partial charge in [0.05, 0.1) is 5.02 Å². The van der Waals surface area contributed by atoms with E-state index in [9.17, 15) is 17.6 Å². The number of hydrogen-bond donors (Lipinski definition) is 1. The first kappa shape index (κ1) is 16.3. The molecular weight excluding hydrogens is 333 g/mol. The topological polar surface area (TPSA) is 72.5 Å². The van der Waals surface area contributed by atoms with Crippen LogP contribution in [0.2, 0.25) is 5.02 Å². The third-order valence-corrected chi connectivity index (χ3v) is 4.28. The van der Waals surface area contributed by atoms with E-state index in [2.05, 4.69) is 5.32 Å². The zero-order valence-corrected chi connectivity index (χ0v) is 12.9. The molecule has 0 saturated heterocycles. The second-order valence-corrected chi connectivity index (χ2v) is 6.24. The lowest BCUT2D eigenvalue weighted by Gasteiger charge is -2.09. The van der Waals surface area contributed by atoms with Crippen LogP contribution in [0, 0.1) is 5.82 Å².